The topological polar surface area (TPSA) is 167 Å². The highest BCUT2D eigenvalue weighted by molar-refractivity contribution is 7.21. The summed E-state index contributed by atoms with van der Waals surface area (Å²) >= 11 is 1.20. The molecule has 41 heavy (non-hydrogen) atoms. The molecule has 214 valence electrons. The molecule has 0 bridgehead atoms. The largest absolute Gasteiger partial charge is 0.474 e. The number of nitrogens with zero attached hydrogens (tertiary/aromatic N) is 2. The molecule has 3 heterocycles. The number of piperidine rings is 1. The molecule has 0 spiro atoms. The number of carbonyl (C=O) groups is 3. The van der Waals surface area contributed by atoms with Gasteiger partial charge >= 0.3 is 0 Å². The summed E-state index contributed by atoms with van der Waals surface area (Å²) in [6.07, 6.45) is 7.67. The maximum absolute atomic E-state index is 14.1. The fourth-order valence-corrected chi connectivity index (χ4v) is 7.37. The first kappa shape index (κ1) is 27.4. The molecule has 3 unspecified atom stereocenters. The van der Waals surface area contributed by atoms with Gasteiger partial charge in [0, 0.05) is 53.6 Å². The van der Waals surface area contributed by atoms with E-state index in [1.165, 1.54) is 17.4 Å². The number of rotatable bonds is 6. The van der Waals surface area contributed by atoms with E-state index in [2.05, 4.69) is 16.9 Å². The highest BCUT2D eigenvalue weighted by atomic mass is 32.1. The molecule has 6 rings (SSSR count). The summed E-state index contributed by atoms with van der Waals surface area (Å²) in [5.74, 6) is -0.451. The van der Waals surface area contributed by atoms with Gasteiger partial charge in [-0.3, -0.25) is 14.4 Å². The number of nitrogens with one attached hydrogen (secondary N) is 1. The van der Waals surface area contributed by atoms with Crippen LogP contribution in [-0.2, 0) is 15.1 Å². The van der Waals surface area contributed by atoms with Gasteiger partial charge in [0.05, 0.1) is 15.6 Å². The highest BCUT2D eigenvalue weighted by Crippen LogP contribution is 2.50. The Morgan fingerprint density at radius 1 is 1.24 bits per heavy atom. The van der Waals surface area contributed by atoms with Gasteiger partial charge in [0.25, 0.3) is 5.91 Å². The Balaban J connectivity index is 1.39. The molecule has 1 aliphatic heterocycles. The number of carbonyl (C=O) groups excluding carboxylic acids is 3. The molecule has 1 saturated heterocycles. The maximum atomic E-state index is 14.1. The third-order valence-electron chi connectivity index (χ3n) is 8.61. The van der Waals surface area contributed by atoms with Gasteiger partial charge in [-0.15, -0.1) is 11.3 Å². The second-order valence-electron chi connectivity index (χ2n) is 11.2. The number of hydrogen-bond donors (Lipinski definition) is 4. The van der Waals surface area contributed by atoms with Gasteiger partial charge in [0.1, 0.15) is 11.6 Å². The van der Waals surface area contributed by atoms with E-state index in [9.17, 15) is 14.4 Å². The van der Waals surface area contributed by atoms with Crippen LogP contribution in [0.15, 0.2) is 37.1 Å². The third-order valence-corrected chi connectivity index (χ3v) is 9.87. The number of aryl methyl sites for hydroxylation is 1. The molecule has 7 N–H and O–H groups in total. The van der Waals surface area contributed by atoms with Crippen LogP contribution < -0.4 is 27.3 Å². The van der Waals surface area contributed by atoms with Crippen molar-refractivity contribution in [1.29, 1.82) is 0 Å². The minimum atomic E-state index is -1.59. The van der Waals surface area contributed by atoms with E-state index in [-0.39, 0.29) is 24.0 Å². The molecule has 11 heteroatoms. The number of ketones is 1. The van der Waals surface area contributed by atoms with Gasteiger partial charge < -0.3 is 32.2 Å². The molecule has 2 fully saturated rings. The number of ether oxygens (including phenoxy) is 1. The lowest BCUT2D eigenvalue weighted by molar-refractivity contribution is -0.127. The number of thiophene rings is 1. The molecule has 3 aromatic rings. The molecular formula is C30H34N6O4S. The monoisotopic (exact) mass is 574 g/mol. The first-order valence-electron chi connectivity index (χ1n) is 13.9. The van der Waals surface area contributed by atoms with Crippen molar-refractivity contribution in [2.75, 3.05) is 18.8 Å². The number of hydrogen-bond acceptors (Lipinski definition) is 9. The van der Waals surface area contributed by atoms with Crippen molar-refractivity contribution in [1.82, 2.24) is 15.2 Å². The van der Waals surface area contributed by atoms with Crippen LogP contribution in [0.2, 0.25) is 0 Å². The number of aromatic nitrogens is 1. The highest BCUT2D eigenvalue weighted by Gasteiger charge is 2.49. The Kier molecular flexibility index (Phi) is 6.83. The number of amides is 2. The van der Waals surface area contributed by atoms with Gasteiger partial charge in [0.2, 0.25) is 11.8 Å². The quantitative estimate of drug-likeness (QED) is 0.258. The summed E-state index contributed by atoms with van der Waals surface area (Å²) in [6.45, 7) is 6.43. The number of anilines is 1. The van der Waals surface area contributed by atoms with Gasteiger partial charge in [-0.25, -0.2) is 4.98 Å². The predicted molar refractivity (Wildman–Crippen MR) is 158 cm³/mol. The Hall–Kier alpha value is -3.80. The zero-order chi connectivity index (χ0) is 29.1. The average Bonchev–Trinajstić information content (AvgIpc) is 3.35. The number of Topliss-reactive ketones (excluding diaryl/α,β-unsaturated/α-hetero) is 1. The molecule has 0 radical (unpaired) electrons. The molecular weight excluding hydrogens is 540 g/mol. The second-order valence-corrected chi connectivity index (χ2v) is 12.2. The number of benzene rings is 1. The van der Waals surface area contributed by atoms with Crippen molar-refractivity contribution >= 4 is 44.7 Å². The summed E-state index contributed by atoms with van der Waals surface area (Å²) in [5, 5.41) is 3.69. The van der Waals surface area contributed by atoms with Crippen molar-refractivity contribution < 1.29 is 19.1 Å². The standard InChI is InChI=1S/C30H34N6O4S/c1-3-22(37)36-11-5-6-16(14-36)35-29(39)27-24-23-18(9-10-20(31)26(23)41-27)30(33,28(38)25(24)32)19-13-34-21(12-15(19)2)40-17-7-4-8-17/h3,9-10,12-13,16-17,25H,1,4-8,11,14,31-33H2,2H3,(H,35,39). The Bertz CT molecular complexity index is 1600. The molecule has 1 aromatic carbocycles. The number of pyridine rings is 1. The van der Waals surface area contributed by atoms with Gasteiger partial charge in [-0.2, -0.15) is 0 Å². The number of nitrogens with two attached hydrogens (primary N) is 3. The normalized spacial score (nSPS) is 24.2. The predicted octanol–water partition coefficient (Wildman–Crippen LogP) is 2.81. The van der Waals surface area contributed by atoms with E-state index in [1.54, 1.807) is 23.2 Å². The van der Waals surface area contributed by atoms with Gasteiger partial charge in [-0.05, 0) is 62.3 Å². The van der Waals surface area contributed by atoms with Crippen molar-refractivity contribution in [2.24, 2.45) is 11.5 Å². The zero-order valence-corrected chi connectivity index (χ0v) is 23.8. The van der Waals surface area contributed by atoms with E-state index in [0.717, 1.165) is 37.7 Å². The van der Waals surface area contributed by atoms with Crippen LogP contribution in [0.4, 0.5) is 5.69 Å². The van der Waals surface area contributed by atoms with Crippen LogP contribution in [0.25, 0.3) is 10.1 Å². The van der Waals surface area contributed by atoms with Crippen LogP contribution >= 0.6 is 11.3 Å². The summed E-state index contributed by atoms with van der Waals surface area (Å²) in [4.78, 5) is 46.4. The summed E-state index contributed by atoms with van der Waals surface area (Å²) in [5.41, 5.74) is 21.2. The van der Waals surface area contributed by atoms with Crippen molar-refractivity contribution in [3.63, 3.8) is 0 Å². The van der Waals surface area contributed by atoms with E-state index in [4.69, 9.17) is 21.9 Å². The molecule has 3 atom stereocenters. The van der Waals surface area contributed by atoms with Crippen molar-refractivity contribution in [2.45, 2.75) is 62.8 Å². The van der Waals surface area contributed by atoms with Crippen LogP contribution in [-0.4, -0.2) is 52.7 Å². The minimum absolute atomic E-state index is 0.165. The second kappa shape index (κ2) is 10.2. The molecule has 2 amide bonds. The molecule has 10 nitrogen and oxygen atoms in total. The Labute approximate surface area is 241 Å². The first-order valence-corrected chi connectivity index (χ1v) is 14.7. The molecule has 2 aromatic heterocycles. The van der Waals surface area contributed by atoms with Crippen LogP contribution in [0.3, 0.4) is 0 Å². The van der Waals surface area contributed by atoms with Crippen molar-refractivity contribution in [3.8, 4) is 5.88 Å². The van der Waals surface area contributed by atoms with Crippen molar-refractivity contribution in [3.05, 3.63) is 64.2 Å². The lowest BCUT2D eigenvalue weighted by Gasteiger charge is -2.37. The molecule has 3 aliphatic rings. The average molecular weight is 575 g/mol. The fourth-order valence-electron chi connectivity index (χ4n) is 6.17. The van der Waals surface area contributed by atoms with E-state index >= 15 is 0 Å². The maximum Gasteiger partial charge on any atom is 0.262 e. The number of nitrogen functional groups attached to an aromatic ring is 1. The fraction of sp³-hybridized carbons (Fsp3) is 0.400. The minimum Gasteiger partial charge on any atom is -0.474 e. The lowest BCUT2D eigenvalue weighted by Crippen LogP contribution is -2.53. The summed E-state index contributed by atoms with van der Waals surface area (Å²) in [6, 6.07) is 3.87. The number of likely N-dealkylation sites (tertiary alicyclic amines) is 1. The summed E-state index contributed by atoms with van der Waals surface area (Å²) < 4.78 is 6.61. The smallest absolute Gasteiger partial charge is 0.262 e. The van der Waals surface area contributed by atoms with E-state index in [1.807, 2.05) is 13.0 Å². The summed E-state index contributed by atoms with van der Waals surface area (Å²) in [7, 11) is 0. The lowest BCUT2D eigenvalue weighted by atomic mass is 9.70. The first-order chi connectivity index (χ1) is 19.6. The van der Waals surface area contributed by atoms with E-state index < -0.39 is 17.4 Å². The molecule has 1 saturated carbocycles. The van der Waals surface area contributed by atoms with Crippen LogP contribution in [0.5, 0.6) is 5.88 Å². The van der Waals surface area contributed by atoms with Crippen LogP contribution in [0, 0.1) is 6.92 Å². The Morgan fingerprint density at radius 3 is 2.71 bits per heavy atom. The van der Waals surface area contributed by atoms with Gasteiger partial charge in [0.15, 0.2) is 5.78 Å². The van der Waals surface area contributed by atoms with Crippen LogP contribution in [0.1, 0.15) is 70.1 Å². The molecule has 2 aliphatic carbocycles. The zero-order valence-electron chi connectivity index (χ0n) is 22.9. The van der Waals surface area contributed by atoms with Gasteiger partial charge in [-0.1, -0.05) is 12.6 Å². The Morgan fingerprint density at radius 2 is 2.02 bits per heavy atom. The SMILES string of the molecule is C=CC(=O)N1CCCC(NC(=O)c2sc3c(N)ccc4c3c2C(N)C(=O)C4(N)c2cnc(OC3CCC3)cc2C)C1. The third kappa shape index (κ3) is 4.39. The van der Waals surface area contributed by atoms with E-state index in [0.29, 0.717) is 56.3 Å².